The van der Waals surface area contributed by atoms with Crippen LogP contribution in [0, 0.1) is 0 Å². The van der Waals surface area contributed by atoms with Gasteiger partial charge in [-0.3, -0.25) is 0 Å². The molecular weight excluding hydrogens is 317 g/mol. The molecule has 4 nitrogen and oxygen atoms in total. The fourth-order valence-electron chi connectivity index (χ4n) is 1.42. The summed E-state index contributed by atoms with van der Waals surface area (Å²) in [6.45, 7) is 2.03. The second-order valence-electron chi connectivity index (χ2n) is 3.25. The van der Waals surface area contributed by atoms with Crippen LogP contribution in [0.5, 0.6) is 6.01 Å². The van der Waals surface area contributed by atoms with Crippen molar-refractivity contribution in [3.8, 4) is 6.01 Å². The second-order valence-corrected chi connectivity index (χ2v) is 4.17. The topological polar surface area (TPSA) is 47.0 Å². The molecule has 1 aliphatic heterocycles. The van der Waals surface area contributed by atoms with Crippen molar-refractivity contribution in [3.05, 3.63) is 16.9 Å². The van der Waals surface area contributed by atoms with E-state index in [0.29, 0.717) is 6.01 Å². The standard InChI is InChI=1S/C9H12BrN3O.2ClH/c10-7-5-12-9(13-6-7)14-8-1-3-11-4-2-8;;/h5-6,8,11H,1-4H2;2*1H. The maximum atomic E-state index is 5.63. The van der Waals surface area contributed by atoms with Gasteiger partial charge >= 0.3 is 6.01 Å². The summed E-state index contributed by atoms with van der Waals surface area (Å²) in [6, 6.07) is 0.472. The average Bonchev–Trinajstić information content (AvgIpc) is 2.23. The van der Waals surface area contributed by atoms with Crippen molar-refractivity contribution in [1.29, 1.82) is 0 Å². The van der Waals surface area contributed by atoms with Crippen molar-refractivity contribution < 1.29 is 4.74 Å². The van der Waals surface area contributed by atoms with Crippen LogP contribution in [0.15, 0.2) is 16.9 Å². The zero-order valence-corrected chi connectivity index (χ0v) is 11.8. The van der Waals surface area contributed by atoms with Gasteiger partial charge in [0.15, 0.2) is 0 Å². The van der Waals surface area contributed by atoms with Crippen LogP contribution in [0.4, 0.5) is 0 Å². The van der Waals surface area contributed by atoms with E-state index >= 15 is 0 Å². The van der Waals surface area contributed by atoms with Crippen molar-refractivity contribution in [2.75, 3.05) is 13.1 Å². The number of rotatable bonds is 2. The highest BCUT2D eigenvalue weighted by Gasteiger charge is 2.15. The number of ether oxygens (including phenoxy) is 1. The van der Waals surface area contributed by atoms with Crippen LogP contribution in [0.3, 0.4) is 0 Å². The van der Waals surface area contributed by atoms with E-state index in [2.05, 4.69) is 31.2 Å². The Hall–Kier alpha value is -0.100. The molecule has 0 aromatic carbocycles. The van der Waals surface area contributed by atoms with E-state index in [1.807, 2.05) is 0 Å². The first-order chi connectivity index (χ1) is 6.84. The Labute approximate surface area is 116 Å². The molecule has 1 aromatic heterocycles. The largest absolute Gasteiger partial charge is 0.460 e. The summed E-state index contributed by atoms with van der Waals surface area (Å²) in [4.78, 5) is 8.14. The third-order valence-electron chi connectivity index (χ3n) is 2.15. The molecule has 0 atom stereocenters. The lowest BCUT2D eigenvalue weighted by molar-refractivity contribution is 0.148. The van der Waals surface area contributed by atoms with Crippen molar-refractivity contribution >= 4 is 40.7 Å². The van der Waals surface area contributed by atoms with Crippen LogP contribution < -0.4 is 10.1 Å². The van der Waals surface area contributed by atoms with Crippen LogP contribution in [0.1, 0.15) is 12.8 Å². The third-order valence-corrected chi connectivity index (χ3v) is 2.56. The molecule has 1 N–H and O–H groups in total. The van der Waals surface area contributed by atoms with Crippen molar-refractivity contribution in [2.45, 2.75) is 18.9 Å². The number of hydrogen-bond donors (Lipinski definition) is 1. The quantitative estimate of drug-likeness (QED) is 0.903. The van der Waals surface area contributed by atoms with Crippen LogP contribution in [-0.4, -0.2) is 29.2 Å². The minimum Gasteiger partial charge on any atom is -0.460 e. The lowest BCUT2D eigenvalue weighted by atomic mass is 10.1. The molecule has 1 aromatic rings. The van der Waals surface area contributed by atoms with Crippen molar-refractivity contribution in [2.24, 2.45) is 0 Å². The van der Waals surface area contributed by atoms with Gasteiger partial charge in [0.05, 0.1) is 4.47 Å². The predicted molar refractivity (Wildman–Crippen MR) is 70.7 cm³/mol. The molecule has 0 amide bonds. The van der Waals surface area contributed by atoms with E-state index in [9.17, 15) is 0 Å². The van der Waals surface area contributed by atoms with Crippen molar-refractivity contribution in [3.63, 3.8) is 0 Å². The molecule has 2 heterocycles. The van der Waals surface area contributed by atoms with E-state index in [4.69, 9.17) is 4.74 Å². The normalized spacial score (nSPS) is 15.8. The average molecular weight is 331 g/mol. The Kier molecular flexibility index (Phi) is 8.01. The van der Waals surface area contributed by atoms with Gasteiger partial charge in [0.25, 0.3) is 0 Å². The molecule has 0 radical (unpaired) electrons. The summed E-state index contributed by atoms with van der Waals surface area (Å²) in [5, 5.41) is 3.28. The first-order valence-corrected chi connectivity index (χ1v) is 5.49. The van der Waals surface area contributed by atoms with Crippen LogP contribution >= 0.6 is 40.7 Å². The van der Waals surface area contributed by atoms with Crippen LogP contribution in [-0.2, 0) is 0 Å². The maximum absolute atomic E-state index is 5.63. The summed E-state index contributed by atoms with van der Waals surface area (Å²) in [7, 11) is 0. The number of piperidine rings is 1. The molecule has 0 saturated carbocycles. The Balaban J connectivity index is 0.00000112. The highest BCUT2D eigenvalue weighted by Crippen LogP contribution is 2.13. The molecule has 0 aliphatic carbocycles. The lowest BCUT2D eigenvalue weighted by Gasteiger charge is -2.22. The fourth-order valence-corrected chi connectivity index (χ4v) is 1.63. The van der Waals surface area contributed by atoms with Gasteiger partial charge in [-0.15, -0.1) is 24.8 Å². The van der Waals surface area contributed by atoms with Gasteiger partial charge in [-0.1, -0.05) is 0 Å². The fraction of sp³-hybridized carbons (Fsp3) is 0.556. The number of nitrogens with one attached hydrogen (secondary N) is 1. The Morgan fingerprint density at radius 3 is 2.31 bits per heavy atom. The van der Waals surface area contributed by atoms with Gasteiger partial charge in [-0.25, -0.2) is 9.97 Å². The minimum atomic E-state index is 0. The third kappa shape index (κ3) is 4.82. The van der Waals surface area contributed by atoms with E-state index in [1.54, 1.807) is 12.4 Å². The molecule has 0 spiro atoms. The summed E-state index contributed by atoms with van der Waals surface area (Å²) in [5.74, 6) is 0. The molecule has 2 rings (SSSR count). The molecule has 1 aliphatic rings. The molecule has 92 valence electrons. The monoisotopic (exact) mass is 329 g/mol. The Bertz CT molecular complexity index is 293. The van der Waals surface area contributed by atoms with Gasteiger partial charge < -0.3 is 10.1 Å². The van der Waals surface area contributed by atoms with Gasteiger partial charge in [-0.2, -0.15) is 0 Å². The highest BCUT2D eigenvalue weighted by atomic mass is 79.9. The zero-order chi connectivity index (χ0) is 9.80. The summed E-state index contributed by atoms with van der Waals surface area (Å²) >= 11 is 3.28. The number of nitrogens with zero attached hydrogens (tertiary/aromatic N) is 2. The van der Waals surface area contributed by atoms with Crippen LogP contribution in [0.2, 0.25) is 0 Å². The van der Waals surface area contributed by atoms with Gasteiger partial charge in [0, 0.05) is 12.4 Å². The second kappa shape index (κ2) is 8.06. The first-order valence-electron chi connectivity index (χ1n) is 4.69. The molecule has 1 fully saturated rings. The molecule has 16 heavy (non-hydrogen) atoms. The molecular formula is C9H14BrCl2N3O. The molecule has 0 bridgehead atoms. The van der Waals surface area contributed by atoms with E-state index < -0.39 is 0 Å². The Morgan fingerprint density at radius 1 is 1.19 bits per heavy atom. The number of hydrogen-bond acceptors (Lipinski definition) is 4. The summed E-state index contributed by atoms with van der Waals surface area (Å²) < 4.78 is 6.50. The highest BCUT2D eigenvalue weighted by molar-refractivity contribution is 9.10. The van der Waals surface area contributed by atoms with E-state index in [-0.39, 0.29) is 30.9 Å². The SMILES string of the molecule is Brc1cnc(OC2CCNCC2)nc1.Cl.Cl. The van der Waals surface area contributed by atoms with Crippen LogP contribution in [0.25, 0.3) is 0 Å². The smallest absolute Gasteiger partial charge is 0.316 e. The molecule has 1 saturated heterocycles. The van der Waals surface area contributed by atoms with Gasteiger partial charge in [0.1, 0.15) is 6.10 Å². The summed E-state index contributed by atoms with van der Waals surface area (Å²) in [6.07, 6.45) is 5.71. The first kappa shape index (κ1) is 15.9. The number of halogens is 3. The van der Waals surface area contributed by atoms with E-state index in [1.165, 1.54) is 0 Å². The lowest BCUT2D eigenvalue weighted by Crippen LogP contribution is -2.34. The van der Waals surface area contributed by atoms with Gasteiger partial charge in [0.2, 0.25) is 0 Å². The molecule has 0 unspecified atom stereocenters. The number of aromatic nitrogens is 2. The minimum absolute atomic E-state index is 0. The molecule has 7 heteroatoms. The van der Waals surface area contributed by atoms with Gasteiger partial charge in [-0.05, 0) is 41.9 Å². The predicted octanol–water partition coefficient (Wildman–Crippen LogP) is 2.21. The maximum Gasteiger partial charge on any atom is 0.316 e. The van der Waals surface area contributed by atoms with Crippen molar-refractivity contribution in [1.82, 2.24) is 15.3 Å². The zero-order valence-electron chi connectivity index (χ0n) is 8.56. The summed E-state index contributed by atoms with van der Waals surface area (Å²) in [5.41, 5.74) is 0. The Morgan fingerprint density at radius 2 is 1.75 bits per heavy atom. The van der Waals surface area contributed by atoms with E-state index in [0.717, 1.165) is 30.4 Å².